The van der Waals surface area contributed by atoms with Gasteiger partial charge in [-0.2, -0.15) is 0 Å². The summed E-state index contributed by atoms with van der Waals surface area (Å²) in [6.45, 7) is 0. The number of rotatable bonds is 2. The van der Waals surface area contributed by atoms with Crippen molar-refractivity contribution >= 4 is 5.69 Å². The summed E-state index contributed by atoms with van der Waals surface area (Å²) in [4.78, 5) is 0. The van der Waals surface area contributed by atoms with Gasteiger partial charge in [0.25, 0.3) is 0 Å². The van der Waals surface area contributed by atoms with E-state index in [1.807, 2.05) is 12.1 Å². The van der Waals surface area contributed by atoms with Crippen molar-refractivity contribution in [1.29, 1.82) is 0 Å². The molecule has 0 atom stereocenters. The molecule has 0 fully saturated rings. The summed E-state index contributed by atoms with van der Waals surface area (Å²) >= 11 is 0. The van der Waals surface area contributed by atoms with Gasteiger partial charge in [0, 0.05) is 5.69 Å². The van der Waals surface area contributed by atoms with E-state index >= 15 is 0 Å². The molecule has 0 unspecified atom stereocenters. The van der Waals surface area contributed by atoms with Crippen LogP contribution in [-0.2, 0) is 6.42 Å². The molecule has 21 heavy (non-hydrogen) atoms. The van der Waals surface area contributed by atoms with Gasteiger partial charge in [-0.3, -0.25) is 5.84 Å². The first-order valence-corrected chi connectivity index (χ1v) is 7.14. The highest BCUT2D eigenvalue weighted by atomic mass is 15.2. The molecular formula is C19H16N2. The number of nitrogens with two attached hydrogens (primary N) is 1. The molecule has 0 aromatic heterocycles. The Bertz CT molecular complexity index is 821. The molecular weight excluding hydrogens is 256 g/mol. The maximum atomic E-state index is 5.53. The van der Waals surface area contributed by atoms with Crippen molar-refractivity contribution in [2.24, 2.45) is 5.84 Å². The molecule has 0 amide bonds. The predicted octanol–water partition coefficient (Wildman–Crippen LogP) is 4.21. The van der Waals surface area contributed by atoms with Crippen LogP contribution >= 0.6 is 0 Å². The fraction of sp³-hybridized carbons (Fsp3) is 0.0526. The minimum absolute atomic E-state index is 0.931. The number of nitrogen functional groups attached to an aromatic ring is 1. The summed E-state index contributed by atoms with van der Waals surface area (Å²) < 4.78 is 0. The fourth-order valence-corrected chi connectivity index (χ4v) is 3.20. The zero-order valence-electron chi connectivity index (χ0n) is 11.6. The van der Waals surface area contributed by atoms with E-state index in [1.54, 1.807) is 0 Å². The Labute approximate surface area is 124 Å². The largest absolute Gasteiger partial charge is 0.324 e. The normalized spacial score (nSPS) is 11.9. The van der Waals surface area contributed by atoms with Crippen LogP contribution < -0.4 is 11.3 Å². The van der Waals surface area contributed by atoms with Gasteiger partial charge in [0.2, 0.25) is 0 Å². The van der Waals surface area contributed by atoms with Crippen molar-refractivity contribution in [3.8, 4) is 22.3 Å². The lowest BCUT2D eigenvalue weighted by molar-refractivity contribution is 1.26. The Hall–Kier alpha value is -2.58. The molecule has 2 heteroatoms. The van der Waals surface area contributed by atoms with Gasteiger partial charge in [-0.15, -0.1) is 0 Å². The average Bonchev–Trinajstić information content (AvgIpc) is 2.93. The summed E-state index contributed by atoms with van der Waals surface area (Å²) in [5, 5.41) is 0. The lowest BCUT2D eigenvalue weighted by atomic mass is 9.95. The smallest absolute Gasteiger partial charge is 0.0491 e. The van der Waals surface area contributed by atoms with E-state index in [1.165, 1.54) is 33.4 Å². The molecule has 0 saturated carbocycles. The average molecular weight is 272 g/mol. The van der Waals surface area contributed by atoms with Crippen LogP contribution in [0.5, 0.6) is 0 Å². The standard InChI is InChI=1S/C19H16N2/c20-21-15-7-3-6-13(11-15)17-9-4-10-18-16-8-2-1-5-14(16)12-19(17)18/h1-11,21H,12,20H2. The lowest BCUT2D eigenvalue weighted by Gasteiger charge is -2.10. The highest BCUT2D eigenvalue weighted by Gasteiger charge is 2.20. The third-order valence-corrected chi connectivity index (χ3v) is 4.19. The van der Waals surface area contributed by atoms with Gasteiger partial charge in [0.15, 0.2) is 0 Å². The van der Waals surface area contributed by atoms with E-state index in [4.69, 9.17) is 5.84 Å². The molecule has 0 spiro atoms. The summed E-state index contributed by atoms with van der Waals surface area (Å²) in [5.41, 5.74) is 11.7. The fourth-order valence-electron chi connectivity index (χ4n) is 3.20. The molecule has 2 nitrogen and oxygen atoms in total. The van der Waals surface area contributed by atoms with Gasteiger partial charge in [-0.05, 0) is 51.9 Å². The monoisotopic (exact) mass is 272 g/mol. The SMILES string of the molecule is NNc1cccc(-c2cccc3c2Cc2ccccc2-3)c1. The molecule has 3 aromatic rings. The summed E-state index contributed by atoms with van der Waals surface area (Å²) in [6, 6.07) is 23.4. The number of fused-ring (bicyclic) bond motifs is 3. The Kier molecular flexibility index (Phi) is 2.76. The van der Waals surface area contributed by atoms with Crippen LogP contribution in [0, 0.1) is 0 Å². The lowest BCUT2D eigenvalue weighted by Crippen LogP contribution is -2.06. The van der Waals surface area contributed by atoms with E-state index in [2.05, 4.69) is 60.0 Å². The Morgan fingerprint density at radius 1 is 0.762 bits per heavy atom. The Balaban J connectivity index is 1.90. The van der Waals surface area contributed by atoms with E-state index in [0.29, 0.717) is 0 Å². The van der Waals surface area contributed by atoms with Crippen molar-refractivity contribution < 1.29 is 0 Å². The van der Waals surface area contributed by atoms with E-state index in [0.717, 1.165) is 12.1 Å². The van der Waals surface area contributed by atoms with Crippen LogP contribution in [0.15, 0.2) is 66.7 Å². The van der Waals surface area contributed by atoms with Gasteiger partial charge in [-0.25, -0.2) is 0 Å². The number of benzene rings is 3. The molecule has 102 valence electrons. The van der Waals surface area contributed by atoms with Crippen LogP contribution in [0.4, 0.5) is 5.69 Å². The number of hydrogen-bond donors (Lipinski definition) is 2. The molecule has 4 rings (SSSR count). The van der Waals surface area contributed by atoms with Crippen LogP contribution in [0.2, 0.25) is 0 Å². The second-order valence-electron chi connectivity index (χ2n) is 5.39. The first-order chi connectivity index (χ1) is 10.4. The number of hydrogen-bond acceptors (Lipinski definition) is 2. The first-order valence-electron chi connectivity index (χ1n) is 7.14. The molecule has 0 radical (unpaired) electrons. The Morgan fingerprint density at radius 3 is 2.43 bits per heavy atom. The second-order valence-corrected chi connectivity index (χ2v) is 5.39. The number of hydrazine groups is 1. The molecule has 3 N–H and O–H groups in total. The quantitative estimate of drug-likeness (QED) is 0.424. The van der Waals surface area contributed by atoms with Crippen molar-refractivity contribution in [3.63, 3.8) is 0 Å². The molecule has 1 aliphatic carbocycles. The van der Waals surface area contributed by atoms with Crippen molar-refractivity contribution in [2.45, 2.75) is 6.42 Å². The topological polar surface area (TPSA) is 38.0 Å². The third kappa shape index (κ3) is 1.92. The van der Waals surface area contributed by atoms with E-state index in [-0.39, 0.29) is 0 Å². The van der Waals surface area contributed by atoms with Crippen molar-refractivity contribution in [1.82, 2.24) is 0 Å². The molecule has 1 aliphatic rings. The summed E-state index contributed by atoms with van der Waals surface area (Å²) in [7, 11) is 0. The number of nitrogens with one attached hydrogen (secondary N) is 1. The van der Waals surface area contributed by atoms with Gasteiger partial charge in [0.05, 0.1) is 0 Å². The Morgan fingerprint density at radius 2 is 1.52 bits per heavy atom. The third-order valence-electron chi connectivity index (χ3n) is 4.19. The maximum absolute atomic E-state index is 5.53. The van der Waals surface area contributed by atoms with Crippen LogP contribution in [-0.4, -0.2) is 0 Å². The maximum Gasteiger partial charge on any atom is 0.0491 e. The predicted molar refractivity (Wildman–Crippen MR) is 87.9 cm³/mol. The summed E-state index contributed by atoms with van der Waals surface area (Å²) in [6.07, 6.45) is 1.00. The van der Waals surface area contributed by atoms with Crippen LogP contribution in [0.25, 0.3) is 22.3 Å². The van der Waals surface area contributed by atoms with Gasteiger partial charge in [0.1, 0.15) is 0 Å². The van der Waals surface area contributed by atoms with Crippen LogP contribution in [0.1, 0.15) is 11.1 Å². The first kappa shape index (κ1) is 12.2. The zero-order chi connectivity index (χ0) is 14.2. The highest BCUT2D eigenvalue weighted by molar-refractivity contribution is 5.85. The minimum atomic E-state index is 0.931. The van der Waals surface area contributed by atoms with Crippen molar-refractivity contribution in [3.05, 3.63) is 77.9 Å². The molecule has 0 heterocycles. The molecule has 3 aromatic carbocycles. The van der Waals surface area contributed by atoms with Gasteiger partial charge >= 0.3 is 0 Å². The van der Waals surface area contributed by atoms with E-state index in [9.17, 15) is 0 Å². The van der Waals surface area contributed by atoms with Crippen LogP contribution in [0.3, 0.4) is 0 Å². The van der Waals surface area contributed by atoms with E-state index < -0.39 is 0 Å². The molecule has 0 aliphatic heterocycles. The van der Waals surface area contributed by atoms with Gasteiger partial charge < -0.3 is 5.43 Å². The van der Waals surface area contributed by atoms with Gasteiger partial charge in [-0.1, -0.05) is 54.6 Å². The zero-order valence-corrected chi connectivity index (χ0v) is 11.6. The molecule has 0 bridgehead atoms. The highest BCUT2D eigenvalue weighted by Crippen LogP contribution is 2.41. The minimum Gasteiger partial charge on any atom is -0.324 e. The number of anilines is 1. The molecule has 0 saturated heterocycles. The summed E-state index contributed by atoms with van der Waals surface area (Å²) in [5.74, 6) is 5.53. The van der Waals surface area contributed by atoms with Crippen molar-refractivity contribution in [2.75, 3.05) is 5.43 Å². The second kappa shape index (κ2) is 4.76.